The first-order valence-corrected chi connectivity index (χ1v) is 9.27. The molecular formula is C20H33N. The highest BCUT2D eigenvalue weighted by atomic mass is 14.7. The summed E-state index contributed by atoms with van der Waals surface area (Å²) in [7, 11) is 0. The molecule has 1 fully saturated rings. The van der Waals surface area contributed by atoms with Crippen molar-refractivity contribution >= 4 is 0 Å². The Morgan fingerprint density at radius 1 is 1.00 bits per heavy atom. The predicted octanol–water partition coefficient (Wildman–Crippen LogP) is 6.59. The second-order valence-electron chi connectivity index (χ2n) is 6.93. The molecule has 0 spiro atoms. The molecule has 0 bridgehead atoms. The minimum atomic E-state index is 0.662. The van der Waals surface area contributed by atoms with Crippen molar-refractivity contribution in [1.29, 1.82) is 0 Å². The van der Waals surface area contributed by atoms with Crippen molar-refractivity contribution in [3.05, 3.63) is 29.6 Å². The molecule has 0 saturated heterocycles. The minimum Gasteiger partial charge on any atom is -0.261 e. The molecule has 0 amide bonds. The second kappa shape index (κ2) is 9.23. The molecule has 0 aliphatic heterocycles. The van der Waals surface area contributed by atoms with Gasteiger partial charge in [0.15, 0.2) is 0 Å². The Balaban J connectivity index is 2.04. The molecule has 1 nitrogen and oxygen atoms in total. The van der Waals surface area contributed by atoms with E-state index >= 15 is 0 Å². The molecule has 21 heavy (non-hydrogen) atoms. The summed E-state index contributed by atoms with van der Waals surface area (Å²) in [5.41, 5.74) is 2.85. The summed E-state index contributed by atoms with van der Waals surface area (Å²) in [4.78, 5) is 4.73. The Morgan fingerprint density at radius 2 is 1.57 bits per heavy atom. The molecule has 118 valence electrons. The van der Waals surface area contributed by atoms with Gasteiger partial charge in [-0.15, -0.1) is 0 Å². The Bertz CT molecular complexity index is 387. The smallest absolute Gasteiger partial charge is 0.0437 e. The van der Waals surface area contributed by atoms with Gasteiger partial charge in [-0.05, 0) is 42.9 Å². The number of rotatable bonds is 3. The quantitative estimate of drug-likeness (QED) is 0.610. The van der Waals surface area contributed by atoms with Gasteiger partial charge in [0.1, 0.15) is 0 Å². The highest BCUT2D eigenvalue weighted by Crippen LogP contribution is 2.30. The summed E-state index contributed by atoms with van der Waals surface area (Å²) in [5, 5.41) is 0. The van der Waals surface area contributed by atoms with Crippen molar-refractivity contribution in [1.82, 2.24) is 4.98 Å². The summed E-state index contributed by atoms with van der Waals surface area (Å²) in [6.07, 6.45) is 17.3. The Hall–Kier alpha value is -0.850. The van der Waals surface area contributed by atoms with Crippen molar-refractivity contribution in [3.8, 4) is 0 Å². The van der Waals surface area contributed by atoms with Gasteiger partial charge in [0.05, 0.1) is 0 Å². The van der Waals surface area contributed by atoms with Crippen LogP contribution in [0.2, 0.25) is 0 Å². The lowest BCUT2D eigenvalue weighted by Crippen LogP contribution is -2.04. The van der Waals surface area contributed by atoms with E-state index in [9.17, 15) is 0 Å². The zero-order valence-corrected chi connectivity index (χ0v) is 14.1. The van der Waals surface area contributed by atoms with Crippen molar-refractivity contribution in [2.24, 2.45) is 0 Å². The van der Waals surface area contributed by atoms with Crippen LogP contribution >= 0.6 is 0 Å². The lowest BCUT2D eigenvalue weighted by molar-refractivity contribution is 0.504. The number of hydrogen-bond donors (Lipinski definition) is 0. The van der Waals surface area contributed by atoms with E-state index in [0.717, 1.165) is 0 Å². The van der Waals surface area contributed by atoms with Gasteiger partial charge in [-0.2, -0.15) is 0 Å². The van der Waals surface area contributed by atoms with Crippen LogP contribution in [-0.4, -0.2) is 4.98 Å². The van der Waals surface area contributed by atoms with Gasteiger partial charge in [-0.3, -0.25) is 4.98 Å². The SMILES string of the molecule is CCC(C)c1ccnc(C2CCCCCCCCCC2)c1. The summed E-state index contributed by atoms with van der Waals surface area (Å²) < 4.78 is 0. The summed E-state index contributed by atoms with van der Waals surface area (Å²) in [6.45, 7) is 4.61. The molecule has 1 unspecified atom stereocenters. The molecule has 1 heterocycles. The molecule has 0 N–H and O–H groups in total. The van der Waals surface area contributed by atoms with E-state index in [1.807, 2.05) is 6.20 Å². The molecule has 1 saturated carbocycles. The standard InChI is InChI=1S/C20H33N/c1-3-17(2)19-14-15-21-20(16-19)18-12-10-8-6-4-5-7-9-11-13-18/h14-18H,3-13H2,1-2H3. The van der Waals surface area contributed by atoms with E-state index in [4.69, 9.17) is 4.98 Å². The fourth-order valence-electron chi connectivity index (χ4n) is 3.51. The Labute approximate surface area is 131 Å². The van der Waals surface area contributed by atoms with Gasteiger partial charge in [-0.1, -0.05) is 65.2 Å². The molecule has 1 aliphatic carbocycles. The molecule has 2 rings (SSSR count). The van der Waals surface area contributed by atoms with E-state index < -0.39 is 0 Å². The third-order valence-electron chi connectivity index (χ3n) is 5.26. The van der Waals surface area contributed by atoms with Crippen molar-refractivity contribution in [2.45, 2.75) is 96.3 Å². The van der Waals surface area contributed by atoms with E-state index in [2.05, 4.69) is 26.0 Å². The summed E-state index contributed by atoms with van der Waals surface area (Å²) >= 11 is 0. The molecule has 1 aromatic heterocycles. The van der Waals surface area contributed by atoms with Gasteiger partial charge < -0.3 is 0 Å². The highest BCUT2D eigenvalue weighted by Gasteiger charge is 2.15. The van der Waals surface area contributed by atoms with Gasteiger partial charge in [0.25, 0.3) is 0 Å². The number of hydrogen-bond acceptors (Lipinski definition) is 1. The van der Waals surface area contributed by atoms with E-state index in [0.29, 0.717) is 11.8 Å². The number of pyridine rings is 1. The molecule has 1 aromatic rings. The first-order valence-electron chi connectivity index (χ1n) is 9.27. The molecule has 1 heteroatoms. The topological polar surface area (TPSA) is 12.9 Å². The number of nitrogens with zero attached hydrogens (tertiary/aromatic N) is 1. The fourth-order valence-corrected chi connectivity index (χ4v) is 3.51. The zero-order valence-electron chi connectivity index (χ0n) is 14.1. The highest BCUT2D eigenvalue weighted by molar-refractivity contribution is 5.22. The van der Waals surface area contributed by atoms with Gasteiger partial charge >= 0.3 is 0 Å². The normalized spacial score (nSPS) is 20.7. The zero-order chi connectivity index (χ0) is 14.9. The maximum Gasteiger partial charge on any atom is 0.0437 e. The van der Waals surface area contributed by atoms with Crippen LogP contribution in [-0.2, 0) is 0 Å². The maximum atomic E-state index is 4.73. The van der Waals surface area contributed by atoms with Gasteiger partial charge in [0, 0.05) is 17.8 Å². The maximum absolute atomic E-state index is 4.73. The average Bonchev–Trinajstić information content (AvgIpc) is 2.59. The van der Waals surface area contributed by atoms with Crippen LogP contribution in [0.5, 0.6) is 0 Å². The third-order valence-corrected chi connectivity index (χ3v) is 5.26. The first-order chi connectivity index (χ1) is 10.3. The first kappa shape index (κ1) is 16.5. The summed E-state index contributed by atoms with van der Waals surface area (Å²) in [5.74, 6) is 1.36. The van der Waals surface area contributed by atoms with Crippen molar-refractivity contribution < 1.29 is 0 Å². The van der Waals surface area contributed by atoms with Crippen LogP contribution in [0.4, 0.5) is 0 Å². The van der Waals surface area contributed by atoms with Crippen molar-refractivity contribution in [2.75, 3.05) is 0 Å². The van der Waals surface area contributed by atoms with Crippen LogP contribution in [0.3, 0.4) is 0 Å². The van der Waals surface area contributed by atoms with Crippen LogP contribution in [0, 0.1) is 0 Å². The Morgan fingerprint density at radius 3 is 2.14 bits per heavy atom. The fraction of sp³-hybridized carbons (Fsp3) is 0.750. The van der Waals surface area contributed by atoms with Gasteiger partial charge in [0.2, 0.25) is 0 Å². The lowest BCUT2D eigenvalue weighted by Gasteiger charge is -2.18. The second-order valence-corrected chi connectivity index (χ2v) is 6.93. The Kier molecular flexibility index (Phi) is 7.26. The largest absolute Gasteiger partial charge is 0.261 e. The molecule has 0 radical (unpaired) electrons. The van der Waals surface area contributed by atoms with Crippen LogP contribution in [0.25, 0.3) is 0 Å². The minimum absolute atomic E-state index is 0.662. The molecular weight excluding hydrogens is 254 g/mol. The summed E-state index contributed by atoms with van der Waals surface area (Å²) in [6, 6.07) is 4.61. The van der Waals surface area contributed by atoms with Gasteiger partial charge in [-0.25, -0.2) is 0 Å². The third kappa shape index (κ3) is 5.45. The van der Waals surface area contributed by atoms with Crippen LogP contribution < -0.4 is 0 Å². The molecule has 0 aromatic carbocycles. The monoisotopic (exact) mass is 287 g/mol. The van der Waals surface area contributed by atoms with E-state index in [1.54, 1.807) is 0 Å². The molecule has 1 aliphatic rings. The van der Waals surface area contributed by atoms with E-state index in [1.165, 1.54) is 81.9 Å². The average molecular weight is 287 g/mol. The van der Waals surface area contributed by atoms with Crippen LogP contribution in [0.15, 0.2) is 18.3 Å². The number of aromatic nitrogens is 1. The molecule has 1 atom stereocenters. The predicted molar refractivity (Wildman–Crippen MR) is 91.9 cm³/mol. The van der Waals surface area contributed by atoms with Crippen LogP contribution in [0.1, 0.15) is 108 Å². The van der Waals surface area contributed by atoms with Crippen molar-refractivity contribution in [3.63, 3.8) is 0 Å². The van der Waals surface area contributed by atoms with E-state index in [-0.39, 0.29) is 0 Å². The lowest BCUT2D eigenvalue weighted by atomic mass is 9.89.